The Morgan fingerprint density at radius 2 is 1.69 bits per heavy atom. The van der Waals surface area contributed by atoms with Gasteiger partial charge >= 0.3 is 0 Å². The van der Waals surface area contributed by atoms with Crippen LogP contribution in [-0.2, 0) is 9.53 Å². The van der Waals surface area contributed by atoms with E-state index in [2.05, 4.69) is 17.6 Å². The van der Waals surface area contributed by atoms with Gasteiger partial charge in [-0.1, -0.05) is 83.3 Å². The largest absolute Gasteiger partial charge is 0.489 e. The minimum atomic E-state index is -0.0313. The summed E-state index contributed by atoms with van der Waals surface area (Å²) < 4.78 is 11.5. The van der Waals surface area contributed by atoms with Crippen LogP contribution in [0.2, 0.25) is 0 Å². The van der Waals surface area contributed by atoms with E-state index >= 15 is 0 Å². The summed E-state index contributed by atoms with van der Waals surface area (Å²) in [5.41, 5.74) is 0.755. The lowest BCUT2D eigenvalue weighted by atomic mass is 10.1. The molecular formula is C26H42N2O3S. The van der Waals surface area contributed by atoms with E-state index in [1.165, 1.54) is 57.8 Å². The molecule has 0 spiro atoms. The second-order valence-corrected chi connectivity index (χ2v) is 9.14. The molecule has 1 aromatic carbocycles. The van der Waals surface area contributed by atoms with Gasteiger partial charge < -0.3 is 20.1 Å². The molecule has 0 radical (unpaired) electrons. The number of hydrogen-bond donors (Lipinski definition) is 2. The summed E-state index contributed by atoms with van der Waals surface area (Å²) in [7, 11) is 0. The number of hydrogen-bond acceptors (Lipinski definition) is 4. The first-order valence-corrected chi connectivity index (χ1v) is 13.0. The van der Waals surface area contributed by atoms with Crippen LogP contribution in [0.1, 0.15) is 96.8 Å². The average molecular weight is 463 g/mol. The lowest BCUT2D eigenvalue weighted by Gasteiger charge is -2.16. The maximum atomic E-state index is 12.2. The number of ether oxygens (including phenoxy) is 2. The monoisotopic (exact) mass is 462 g/mol. The van der Waals surface area contributed by atoms with Crippen molar-refractivity contribution < 1.29 is 14.3 Å². The molecule has 1 aliphatic heterocycles. The van der Waals surface area contributed by atoms with E-state index in [0.29, 0.717) is 23.9 Å². The summed E-state index contributed by atoms with van der Waals surface area (Å²) >= 11 is 5.33. The fraction of sp³-hybridized carbons (Fsp3) is 0.692. The number of para-hydroxylation sites is 2. The van der Waals surface area contributed by atoms with Crippen molar-refractivity contribution >= 4 is 28.9 Å². The molecule has 1 heterocycles. The van der Waals surface area contributed by atoms with Crippen molar-refractivity contribution in [3.8, 4) is 5.75 Å². The quantitative estimate of drug-likeness (QED) is 0.210. The number of carbonyl (C=O) groups excluding carboxylic acids is 1. The molecule has 1 aliphatic rings. The molecule has 6 heteroatoms. The summed E-state index contributed by atoms with van der Waals surface area (Å²) in [6.07, 6.45) is 16.8. The number of thiocarbonyl (C=S) groups is 1. The summed E-state index contributed by atoms with van der Waals surface area (Å²) in [4.78, 5) is 12.2. The van der Waals surface area contributed by atoms with Gasteiger partial charge in [0.15, 0.2) is 5.11 Å². The van der Waals surface area contributed by atoms with E-state index in [9.17, 15) is 4.79 Å². The molecule has 0 aliphatic carbocycles. The SMILES string of the molecule is CCCCCCCCCCCCCC(=O)NC(=S)Nc1ccccc1OCC1CCCO1. The lowest BCUT2D eigenvalue weighted by Crippen LogP contribution is -2.34. The Labute approximate surface area is 200 Å². The van der Waals surface area contributed by atoms with E-state index in [1.54, 1.807) is 0 Å². The Morgan fingerprint density at radius 3 is 2.34 bits per heavy atom. The van der Waals surface area contributed by atoms with Gasteiger partial charge in [-0.05, 0) is 43.6 Å². The van der Waals surface area contributed by atoms with Crippen LogP contribution in [0.3, 0.4) is 0 Å². The molecule has 1 unspecified atom stereocenters. The summed E-state index contributed by atoms with van der Waals surface area (Å²) in [6, 6.07) is 7.63. The molecule has 180 valence electrons. The van der Waals surface area contributed by atoms with E-state index in [1.807, 2.05) is 24.3 Å². The highest BCUT2D eigenvalue weighted by molar-refractivity contribution is 7.80. The normalized spacial score (nSPS) is 15.5. The maximum absolute atomic E-state index is 12.2. The van der Waals surface area contributed by atoms with Crippen LogP contribution >= 0.6 is 12.2 Å². The topological polar surface area (TPSA) is 59.6 Å². The third-order valence-electron chi connectivity index (χ3n) is 5.84. The van der Waals surface area contributed by atoms with Gasteiger partial charge in [0.1, 0.15) is 12.4 Å². The molecule has 0 aromatic heterocycles. The summed E-state index contributed by atoms with van der Waals surface area (Å²) in [5, 5.41) is 6.19. The van der Waals surface area contributed by atoms with Gasteiger partial charge in [-0.15, -0.1) is 0 Å². The molecule has 2 N–H and O–H groups in total. The highest BCUT2D eigenvalue weighted by Crippen LogP contribution is 2.25. The van der Waals surface area contributed by atoms with Gasteiger partial charge in [0.2, 0.25) is 5.91 Å². The predicted octanol–water partition coefficient (Wildman–Crippen LogP) is 6.76. The smallest absolute Gasteiger partial charge is 0.226 e. The summed E-state index contributed by atoms with van der Waals surface area (Å²) in [6.45, 7) is 3.59. The highest BCUT2D eigenvalue weighted by atomic mass is 32.1. The molecule has 0 bridgehead atoms. The molecular weight excluding hydrogens is 420 g/mol. The number of benzene rings is 1. The van der Waals surface area contributed by atoms with Crippen molar-refractivity contribution in [3.63, 3.8) is 0 Å². The van der Waals surface area contributed by atoms with Crippen LogP contribution in [0.4, 0.5) is 5.69 Å². The van der Waals surface area contributed by atoms with Gasteiger partial charge in [0, 0.05) is 13.0 Å². The van der Waals surface area contributed by atoms with Crippen LogP contribution in [0, 0.1) is 0 Å². The third-order valence-corrected chi connectivity index (χ3v) is 6.05. The van der Waals surface area contributed by atoms with E-state index < -0.39 is 0 Å². The third kappa shape index (κ3) is 11.8. The first kappa shape index (κ1) is 26.6. The predicted molar refractivity (Wildman–Crippen MR) is 136 cm³/mol. The Kier molecular flexibility index (Phi) is 14.0. The molecule has 1 fully saturated rings. The van der Waals surface area contributed by atoms with E-state index in [-0.39, 0.29) is 12.0 Å². The number of nitrogens with one attached hydrogen (secondary N) is 2. The molecule has 5 nitrogen and oxygen atoms in total. The zero-order valence-corrected chi connectivity index (χ0v) is 20.6. The number of unbranched alkanes of at least 4 members (excludes halogenated alkanes) is 10. The van der Waals surface area contributed by atoms with Crippen LogP contribution in [-0.4, -0.2) is 30.3 Å². The number of carbonyl (C=O) groups is 1. The summed E-state index contributed by atoms with van der Waals surface area (Å²) in [5.74, 6) is 0.682. The molecule has 1 atom stereocenters. The molecule has 1 amide bonds. The fourth-order valence-corrected chi connectivity index (χ4v) is 4.17. The van der Waals surface area contributed by atoms with Gasteiger partial charge in [-0.2, -0.15) is 0 Å². The molecule has 0 saturated carbocycles. The van der Waals surface area contributed by atoms with Crippen LogP contribution in [0.15, 0.2) is 24.3 Å². The second-order valence-electron chi connectivity index (χ2n) is 8.73. The first-order chi connectivity index (χ1) is 15.7. The van der Waals surface area contributed by atoms with E-state index in [0.717, 1.165) is 38.0 Å². The van der Waals surface area contributed by atoms with Crippen molar-refractivity contribution in [2.75, 3.05) is 18.5 Å². The zero-order valence-electron chi connectivity index (χ0n) is 19.8. The fourth-order valence-electron chi connectivity index (χ4n) is 3.95. The Balaban J connectivity index is 1.54. The van der Waals surface area contributed by atoms with E-state index in [4.69, 9.17) is 21.7 Å². The van der Waals surface area contributed by atoms with Crippen LogP contribution in [0.5, 0.6) is 5.75 Å². The van der Waals surface area contributed by atoms with Crippen molar-refractivity contribution in [2.45, 2.75) is 103 Å². The Morgan fingerprint density at radius 1 is 1.03 bits per heavy atom. The Hall–Kier alpha value is -1.66. The van der Waals surface area contributed by atoms with Crippen LogP contribution < -0.4 is 15.4 Å². The molecule has 1 saturated heterocycles. The number of rotatable bonds is 16. The lowest BCUT2D eigenvalue weighted by molar-refractivity contribution is -0.119. The van der Waals surface area contributed by atoms with Gasteiger partial charge in [-0.25, -0.2) is 0 Å². The van der Waals surface area contributed by atoms with Crippen molar-refractivity contribution in [1.82, 2.24) is 5.32 Å². The maximum Gasteiger partial charge on any atom is 0.226 e. The Bertz CT molecular complexity index is 662. The van der Waals surface area contributed by atoms with Gasteiger partial charge in [0.05, 0.1) is 11.8 Å². The molecule has 1 aromatic rings. The minimum absolute atomic E-state index is 0.0313. The van der Waals surface area contributed by atoms with Crippen molar-refractivity contribution in [1.29, 1.82) is 0 Å². The molecule has 2 rings (SSSR count). The minimum Gasteiger partial charge on any atom is -0.489 e. The average Bonchev–Trinajstić information content (AvgIpc) is 3.30. The standard InChI is InChI=1S/C26H42N2O3S/c1-2-3-4-5-6-7-8-9-10-11-12-19-25(29)28-26(32)27-23-17-13-14-18-24(23)31-21-22-16-15-20-30-22/h13-14,17-18,22H,2-12,15-16,19-21H2,1H3,(H2,27,28,29,32). The van der Waals surface area contributed by atoms with Gasteiger partial charge in [-0.3, -0.25) is 4.79 Å². The second kappa shape index (κ2) is 16.9. The van der Waals surface area contributed by atoms with Crippen LogP contribution in [0.25, 0.3) is 0 Å². The van der Waals surface area contributed by atoms with Crippen molar-refractivity contribution in [3.05, 3.63) is 24.3 Å². The number of amides is 1. The highest BCUT2D eigenvalue weighted by Gasteiger charge is 2.17. The van der Waals surface area contributed by atoms with Gasteiger partial charge in [0.25, 0.3) is 0 Å². The molecule has 32 heavy (non-hydrogen) atoms. The first-order valence-electron chi connectivity index (χ1n) is 12.6. The zero-order chi connectivity index (χ0) is 22.9. The van der Waals surface area contributed by atoms with Crippen molar-refractivity contribution in [2.24, 2.45) is 0 Å². The number of anilines is 1.